The predicted octanol–water partition coefficient (Wildman–Crippen LogP) is 2.36. The van der Waals surface area contributed by atoms with E-state index in [9.17, 15) is 9.59 Å². The van der Waals surface area contributed by atoms with Crippen LogP contribution in [0.15, 0.2) is 24.3 Å². The van der Waals surface area contributed by atoms with Gasteiger partial charge in [-0.1, -0.05) is 18.5 Å². The molecular formula is C14H17ClN2O2. The Morgan fingerprint density at radius 3 is 2.74 bits per heavy atom. The minimum Gasteiger partial charge on any atom is -0.354 e. The summed E-state index contributed by atoms with van der Waals surface area (Å²) >= 11 is 5.84. The lowest BCUT2D eigenvalue weighted by molar-refractivity contribution is -0.123. The average molecular weight is 281 g/mol. The molecule has 102 valence electrons. The van der Waals surface area contributed by atoms with Crippen molar-refractivity contribution in [3.63, 3.8) is 0 Å². The molecule has 0 radical (unpaired) electrons. The number of nitrogens with zero attached hydrogens (tertiary/aromatic N) is 1. The van der Waals surface area contributed by atoms with Crippen molar-refractivity contribution in [2.45, 2.75) is 32.2 Å². The Hall–Kier alpha value is -1.55. The highest BCUT2D eigenvalue weighted by Gasteiger charge is 2.36. The van der Waals surface area contributed by atoms with Crippen LogP contribution in [-0.2, 0) is 9.59 Å². The van der Waals surface area contributed by atoms with Crippen LogP contribution in [-0.4, -0.2) is 24.4 Å². The van der Waals surface area contributed by atoms with Crippen LogP contribution in [0.2, 0.25) is 5.02 Å². The van der Waals surface area contributed by atoms with Crippen LogP contribution in [0.3, 0.4) is 0 Å². The maximum absolute atomic E-state index is 12.1. The van der Waals surface area contributed by atoms with Crippen molar-refractivity contribution in [3.05, 3.63) is 29.3 Å². The van der Waals surface area contributed by atoms with E-state index in [0.717, 1.165) is 12.1 Å². The molecule has 1 heterocycles. The van der Waals surface area contributed by atoms with Crippen LogP contribution in [0.25, 0.3) is 0 Å². The zero-order chi connectivity index (χ0) is 13.8. The van der Waals surface area contributed by atoms with E-state index in [0.29, 0.717) is 24.4 Å². The number of nitrogens with one attached hydrogen (secondary N) is 1. The third kappa shape index (κ3) is 3.07. The largest absolute Gasteiger partial charge is 0.354 e. The van der Waals surface area contributed by atoms with Gasteiger partial charge in [0.1, 0.15) is 6.04 Å². The second-order valence-electron chi connectivity index (χ2n) is 4.59. The van der Waals surface area contributed by atoms with Gasteiger partial charge in [-0.15, -0.1) is 0 Å². The molecule has 0 aromatic heterocycles. The number of anilines is 1. The summed E-state index contributed by atoms with van der Waals surface area (Å²) in [5.74, 6) is -0.0957. The molecule has 0 saturated carbocycles. The van der Waals surface area contributed by atoms with Crippen LogP contribution >= 0.6 is 11.6 Å². The van der Waals surface area contributed by atoms with Gasteiger partial charge in [-0.2, -0.15) is 0 Å². The van der Waals surface area contributed by atoms with Crippen molar-refractivity contribution < 1.29 is 9.59 Å². The Bertz CT molecular complexity index is 473. The number of hydrogen-bond acceptors (Lipinski definition) is 2. The molecule has 0 spiro atoms. The number of hydrogen-bond donors (Lipinski definition) is 1. The first kappa shape index (κ1) is 13.9. The van der Waals surface area contributed by atoms with E-state index in [1.165, 1.54) is 0 Å². The van der Waals surface area contributed by atoms with Crippen molar-refractivity contribution in [1.82, 2.24) is 5.32 Å². The van der Waals surface area contributed by atoms with Gasteiger partial charge in [0, 0.05) is 23.7 Å². The predicted molar refractivity (Wildman–Crippen MR) is 75.3 cm³/mol. The van der Waals surface area contributed by atoms with Crippen LogP contribution in [0, 0.1) is 0 Å². The fraction of sp³-hybridized carbons (Fsp3) is 0.429. The molecule has 1 atom stereocenters. The first-order valence-corrected chi connectivity index (χ1v) is 6.86. The highest BCUT2D eigenvalue weighted by Crippen LogP contribution is 2.27. The zero-order valence-corrected chi connectivity index (χ0v) is 11.6. The molecule has 1 aliphatic heterocycles. The lowest BCUT2D eigenvalue weighted by Crippen LogP contribution is -2.45. The first-order valence-electron chi connectivity index (χ1n) is 6.49. The van der Waals surface area contributed by atoms with Crippen LogP contribution in [0.5, 0.6) is 0 Å². The van der Waals surface area contributed by atoms with Crippen molar-refractivity contribution >= 4 is 29.1 Å². The number of carbonyl (C=O) groups excluding carboxylic acids is 2. The smallest absolute Gasteiger partial charge is 0.243 e. The summed E-state index contributed by atoms with van der Waals surface area (Å²) in [6, 6.07) is 6.59. The van der Waals surface area contributed by atoms with Gasteiger partial charge in [-0.25, -0.2) is 0 Å². The average Bonchev–Trinajstić information content (AvgIpc) is 2.79. The van der Waals surface area contributed by atoms with Crippen LogP contribution < -0.4 is 10.2 Å². The first-order chi connectivity index (χ1) is 9.13. The Balaban J connectivity index is 2.17. The fourth-order valence-corrected chi connectivity index (χ4v) is 2.35. The van der Waals surface area contributed by atoms with Gasteiger partial charge in [0.05, 0.1) is 0 Å². The molecular weight excluding hydrogens is 264 g/mol. The molecule has 1 N–H and O–H groups in total. The monoisotopic (exact) mass is 280 g/mol. The molecule has 1 saturated heterocycles. The summed E-state index contributed by atoms with van der Waals surface area (Å²) < 4.78 is 0. The molecule has 1 aromatic carbocycles. The molecule has 2 amide bonds. The Labute approximate surface area is 117 Å². The standard InChI is InChI=1S/C14H17ClN2O2/c1-2-9-16-14(19)12-7-8-13(18)17(12)11-5-3-10(15)4-6-11/h3-6,12H,2,7-9H2,1H3,(H,16,19). The maximum Gasteiger partial charge on any atom is 0.243 e. The van der Waals surface area contributed by atoms with Gasteiger partial charge in [0.2, 0.25) is 11.8 Å². The number of benzene rings is 1. The number of carbonyl (C=O) groups is 2. The van der Waals surface area contributed by atoms with E-state index in [1.807, 2.05) is 6.92 Å². The molecule has 2 rings (SSSR count). The van der Waals surface area contributed by atoms with E-state index >= 15 is 0 Å². The minimum atomic E-state index is -0.403. The SMILES string of the molecule is CCCNC(=O)C1CCC(=O)N1c1ccc(Cl)cc1. The summed E-state index contributed by atoms with van der Waals surface area (Å²) in [7, 11) is 0. The number of rotatable bonds is 4. The van der Waals surface area contributed by atoms with Gasteiger partial charge in [-0.3, -0.25) is 14.5 Å². The van der Waals surface area contributed by atoms with Gasteiger partial charge < -0.3 is 5.32 Å². The van der Waals surface area contributed by atoms with Crippen molar-refractivity contribution in [2.75, 3.05) is 11.4 Å². The molecule has 5 heteroatoms. The summed E-state index contributed by atoms with van der Waals surface area (Å²) in [5.41, 5.74) is 0.726. The van der Waals surface area contributed by atoms with E-state index in [2.05, 4.69) is 5.32 Å². The normalized spacial score (nSPS) is 18.7. The molecule has 4 nitrogen and oxygen atoms in total. The zero-order valence-electron chi connectivity index (χ0n) is 10.9. The third-order valence-corrected chi connectivity index (χ3v) is 3.42. The molecule has 19 heavy (non-hydrogen) atoms. The van der Waals surface area contributed by atoms with Crippen LogP contribution in [0.1, 0.15) is 26.2 Å². The van der Waals surface area contributed by atoms with Gasteiger partial charge in [0.25, 0.3) is 0 Å². The summed E-state index contributed by atoms with van der Waals surface area (Å²) in [4.78, 5) is 25.6. The quantitative estimate of drug-likeness (QED) is 0.920. The third-order valence-electron chi connectivity index (χ3n) is 3.17. The van der Waals surface area contributed by atoms with Gasteiger partial charge in [-0.05, 0) is 37.1 Å². The molecule has 1 unspecified atom stereocenters. The fourth-order valence-electron chi connectivity index (χ4n) is 2.22. The lowest BCUT2D eigenvalue weighted by atomic mass is 10.2. The van der Waals surface area contributed by atoms with E-state index < -0.39 is 6.04 Å². The molecule has 1 aromatic rings. The summed E-state index contributed by atoms with van der Waals surface area (Å²) in [6.45, 7) is 2.63. The Morgan fingerprint density at radius 2 is 2.11 bits per heavy atom. The maximum atomic E-state index is 12.1. The lowest BCUT2D eigenvalue weighted by Gasteiger charge is -2.24. The van der Waals surface area contributed by atoms with Crippen molar-refractivity contribution in [3.8, 4) is 0 Å². The number of halogens is 1. The van der Waals surface area contributed by atoms with Gasteiger partial charge in [0.15, 0.2) is 0 Å². The molecule has 1 fully saturated rings. The Kier molecular flexibility index (Phi) is 4.43. The topological polar surface area (TPSA) is 49.4 Å². The number of amides is 2. The van der Waals surface area contributed by atoms with E-state index in [-0.39, 0.29) is 11.8 Å². The summed E-state index contributed by atoms with van der Waals surface area (Å²) in [5, 5.41) is 3.46. The second-order valence-corrected chi connectivity index (χ2v) is 5.02. The highest BCUT2D eigenvalue weighted by molar-refractivity contribution is 6.30. The van der Waals surface area contributed by atoms with Gasteiger partial charge >= 0.3 is 0 Å². The highest BCUT2D eigenvalue weighted by atomic mass is 35.5. The molecule has 0 bridgehead atoms. The van der Waals surface area contributed by atoms with E-state index in [1.54, 1.807) is 29.2 Å². The Morgan fingerprint density at radius 1 is 1.42 bits per heavy atom. The van der Waals surface area contributed by atoms with Crippen LogP contribution in [0.4, 0.5) is 5.69 Å². The molecule has 0 aliphatic carbocycles. The summed E-state index contributed by atoms with van der Waals surface area (Å²) in [6.07, 6.45) is 1.86. The minimum absolute atomic E-state index is 0.0148. The molecule has 1 aliphatic rings. The van der Waals surface area contributed by atoms with E-state index in [4.69, 9.17) is 11.6 Å². The second kappa shape index (κ2) is 6.06. The van der Waals surface area contributed by atoms with Crippen molar-refractivity contribution in [1.29, 1.82) is 0 Å². The van der Waals surface area contributed by atoms with Crippen molar-refractivity contribution in [2.24, 2.45) is 0 Å².